The van der Waals surface area contributed by atoms with Crippen LogP contribution in [0, 0.1) is 29.1 Å². The maximum Gasteiger partial charge on any atom is 0.0672 e. The third kappa shape index (κ3) is 2.18. The first-order valence-corrected chi connectivity index (χ1v) is 7.95. The summed E-state index contributed by atoms with van der Waals surface area (Å²) in [5.41, 5.74) is 0. The van der Waals surface area contributed by atoms with E-state index in [2.05, 4.69) is 17.9 Å². The second-order valence-corrected chi connectivity index (χ2v) is 6.86. The first kappa shape index (κ1) is 12.5. The van der Waals surface area contributed by atoms with E-state index in [4.69, 9.17) is 0 Å². The van der Waals surface area contributed by atoms with E-state index < -0.39 is 0 Å². The summed E-state index contributed by atoms with van der Waals surface area (Å²) >= 11 is 0. The molecule has 5 unspecified atom stereocenters. The van der Waals surface area contributed by atoms with Crippen LogP contribution in [0.5, 0.6) is 0 Å². The van der Waals surface area contributed by atoms with Gasteiger partial charge >= 0.3 is 0 Å². The van der Waals surface area contributed by atoms with E-state index >= 15 is 0 Å². The molecule has 0 amide bonds. The maximum atomic E-state index is 9.43. The monoisotopic (exact) mass is 246 g/mol. The van der Waals surface area contributed by atoms with Crippen molar-refractivity contribution in [1.29, 1.82) is 5.26 Å². The van der Waals surface area contributed by atoms with Gasteiger partial charge < -0.3 is 0 Å². The molecule has 1 heterocycles. The van der Waals surface area contributed by atoms with Crippen molar-refractivity contribution in [2.45, 2.75) is 70.4 Å². The van der Waals surface area contributed by atoms with Gasteiger partial charge in [0.15, 0.2) is 0 Å². The van der Waals surface area contributed by atoms with E-state index in [0.717, 1.165) is 24.3 Å². The van der Waals surface area contributed by atoms with Crippen LogP contribution in [0.4, 0.5) is 0 Å². The summed E-state index contributed by atoms with van der Waals surface area (Å²) in [4.78, 5) is 2.76. The predicted octanol–water partition coefficient (Wildman–Crippen LogP) is 3.58. The molecule has 2 heteroatoms. The molecule has 5 atom stereocenters. The first-order chi connectivity index (χ1) is 8.79. The molecule has 0 radical (unpaired) electrons. The zero-order valence-electron chi connectivity index (χ0n) is 11.6. The van der Waals surface area contributed by atoms with Gasteiger partial charge in [-0.1, -0.05) is 19.8 Å². The lowest BCUT2D eigenvalue weighted by Crippen LogP contribution is -2.47. The van der Waals surface area contributed by atoms with Crippen LogP contribution in [0.15, 0.2) is 0 Å². The van der Waals surface area contributed by atoms with Gasteiger partial charge in [0.1, 0.15) is 0 Å². The summed E-state index contributed by atoms with van der Waals surface area (Å²) < 4.78 is 0. The van der Waals surface area contributed by atoms with Crippen LogP contribution >= 0.6 is 0 Å². The number of rotatable bonds is 1. The Labute approximate surface area is 111 Å². The molecule has 1 aliphatic heterocycles. The highest BCUT2D eigenvalue weighted by atomic mass is 15.2. The summed E-state index contributed by atoms with van der Waals surface area (Å²) in [5, 5.41) is 9.43. The minimum absolute atomic E-state index is 0.307. The number of nitriles is 1. The molecular weight excluding hydrogens is 220 g/mol. The second kappa shape index (κ2) is 5.21. The number of nitrogens with zero attached hydrogens (tertiary/aromatic N) is 2. The number of likely N-dealkylation sites (tertiary alicyclic amines) is 1. The fourth-order valence-electron chi connectivity index (χ4n) is 4.72. The van der Waals surface area contributed by atoms with Crippen molar-refractivity contribution in [2.75, 3.05) is 6.54 Å². The Morgan fingerprint density at radius 2 is 1.83 bits per heavy atom. The molecule has 0 aromatic rings. The lowest BCUT2D eigenvalue weighted by atomic mass is 9.77. The van der Waals surface area contributed by atoms with Gasteiger partial charge in [0.05, 0.1) is 12.0 Å². The summed E-state index contributed by atoms with van der Waals surface area (Å²) in [6.45, 7) is 3.64. The number of hydrogen-bond donors (Lipinski definition) is 0. The average molecular weight is 246 g/mol. The Balaban J connectivity index is 1.74. The summed E-state index contributed by atoms with van der Waals surface area (Å²) in [6, 6.07) is 4.01. The highest BCUT2D eigenvalue weighted by molar-refractivity contribution is 5.02. The zero-order valence-corrected chi connectivity index (χ0v) is 11.6. The third-order valence-electron chi connectivity index (χ3n) is 5.72. The largest absolute Gasteiger partial charge is 0.296 e. The van der Waals surface area contributed by atoms with Gasteiger partial charge in [-0.15, -0.1) is 0 Å². The normalized spacial score (nSPS) is 45.4. The molecule has 100 valence electrons. The molecule has 3 rings (SSSR count). The molecule has 2 nitrogen and oxygen atoms in total. The van der Waals surface area contributed by atoms with Crippen LogP contribution in [0.1, 0.15) is 58.3 Å². The van der Waals surface area contributed by atoms with Crippen molar-refractivity contribution in [3.05, 3.63) is 0 Å². The highest BCUT2D eigenvalue weighted by Gasteiger charge is 2.42. The molecule has 3 aliphatic rings. The Morgan fingerprint density at radius 3 is 2.67 bits per heavy atom. The van der Waals surface area contributed by atoms with Crippen molar-refractivity contribution < 1.29 is 0 Å². The molecule has 0 aromatic heterocycles. The molecule has 18 heavy (non-hydrogen) atoms. The number of fused-ring (bicyclic) bond motifs is 1. The van der Waals surface area contributed by atoms with Gasteiger partial charge in [-0.2, -0.15) is 5.26 Å². The van der Waals surface area contributed by atoms with Crippen molar-refractivity contribution >= 4 is 0 Å². The van der Waals surface area contributed by atoms with Gasteiger partial charge in [-0.25, -0.2) is 0 Å². The Morgan fingerprint density at radius 1 is 1.00 bits per heavy atom. The fourth-order valence-corrected chi connectivity index (χ4v) is 4.72. The fraction of sp³-hybridized carbons (Fsp3) is 0.938. The highest BCUT2D eigenvalue weighted by Crippen LogP contribution is 2.42. The minimum Gasteiger partial charge on any atom is -0.296 e. The van der Waals surface area contributed by atoms with Crippen LogP contribution in [-0.4, -0.2) is 23.5 Å². The van der Waals surface area contributed by atoms with Gasteiger partial charge in [0.2, 0.25) is 0 Å². The first-order valence-electron chi connectivity index (χ1n) is 7.95. The minimum atomic E-state index is 0.307. The standard InChI is InChI=1S/C16H26N2/c1-12-6-7-14(11-17)16(10-12)18-9-8-13-4-2-3-5-15(13)18/h12-16H,2-10H2,1H3. The topological polar surface area (TPSA) is 27.0 Å². The molecule has 1 saturated heterocycles. The quantitative estimate of drug-likeness (QED) is 0.707. The summed E-state index contributed by atoms with van der Waals surface area (Å²) in [7, 11) is 0. The van der Waals surface area contributed by atoms with Crippen molar-refractivity contribution in [2.24, 2.45) is 17.8 Å². The van der Waals surface area contributed by atoms with Gasteiger partial charge in [0.25, 0.3) is 0 Å². The van der Waals surface area contributed by atoms with E-state index in [0.29, 0.717) is 12.0 Å². The van der Waals surface area contributed by atoms with Crippen molar-refractivity contribution in [3.8, 4) is 6.07 Å². The van der Waals surface area contributed by atoms with Gasteiger partial charge in [-0.05, 0) is 56.9 Å². The average Bonchev–Trinajstić information content (AvgIpc) is 2.82. The van der Waals surface area contributed by atoms with E-state index in [9.17, 15) is 5.26 Å². The molecule has 2 aliphatic carbocycles. The zero-order chi connectivity index (χ0) is 12.5. The lowest BCUT2D eigenvalue weighted by molar-refractivity contribution is 0.0705. The summed E-state index contributed by atoms with van der Waals surface area (Å²) in [5.74, 6) is 2.08. The summed E-state index contributed by atoms with van der Waals surface area (Å²) in [6.07, 6.45) is 10.8. The SMILES string of the molecule is CC1CCC(C#N)C(N2CCC3CCCCC32)C1. The molecule has 0 aromatic carbocycles. The Hall–Kier alpha value is -0.550. The maximum absolute atomic E-state index is 9.43. The molecule has 2 saturated carbocycles. The molecular formula is C16H26N2. The van der Waals surface area contributed by atoms with Crippen LogP contribution in [0.3, 0.4) is 0 Å². The van der Waals surface area contributed by atoms with Crippen LogP contribution in [-0.2, 0) is 0 Å². The molecule has 0 spiro atoms. The van der Waals surface area contributed by atoms with E-state index in [1.807, 2.05) is 0 Å². The smallest absolute Gasteiger partial charge is 0.0672 e. The van der Waals surface area contributed by atoms with Crippen molar-refractivity contribution in [3.63, 3.8) is 0 Å². The Kier molecular flexibility index (Phi) is 3.61. The van der Waals surface area contributed by atoms with Gasteiger partial charge in [-0.3, -0.25) is 4.90 Å². The molecule has 0 N–H and O–H groups in total. The third-order valence-corrected chi connectivity index (χ3v) is 5.72. The van der Waals surface area contributed by atoms with Gasteiger partial charge in [0, 0.05) is 12.1 Å². The van der Waals surface area contributed by atoms with Crippen molar-refractivity contribution in [1.82, 2.24) is 4.90 Å². The van der Waals surface area contributed by atoms with Crippen LogP contribution in [0.2, 0.25) is 0 Å². The number of hydrogen-bond acceptors (Lipinski definition) is 2. The van der Waals surface area contributed by atoms with E-state index in [1.54, 1.807) is 0 Å². The van der Waals surface area contributed by atoms with Crippen LogP contribution < -0.4 is 0 Å². The molecule has 0 bridgehead atoms. The lowest BCUT2D eigenvalue weighted by Gasteiger charge is -2.42. The second-order valence-electron chi connectivity index (χ2n) is 6.86. The van der Waals surface area contributed by atoms with Crippen LogP contribution in [0.25, 0.3) is 0 Å². The Bertz CT molecular complexity index is 332. The van der Waals surface area contributed by atoms with E-state index in [-0.39, 0.29) is 0 Å². The van der Waals surface area contributed by atoms with E-state index in [1.165, 1.54) is 51.5 Å². The predicted molar refractivity (Wildman–Crippen MR) is 73.0 cm³/mol. The molecule has 3 fully saturated rings.